The fourth-order valence-electron chi connectivity index (χ4n) is 1.55. The third kappa shape index (κ3) is 5.58. The summed E-state index contributed by atoms with van der Waals surface area (Å²) >= 11 is 0. The summed E-state index contributed by atoms with van der Waals surface area (Å²) < 4.78 is 0. The summed E-state index contributed by atoms with van der Waals surface area (Å²) in [6, 6.07) is 1.92. The summed E-state index contributed by atoms with van der Waals surface area (Å²) in [5, 5.41) is 5.84. The molecule has 0 spiro atoms. The molecule has 0 fully saturated rings. The van der Waals surface area contributed by atoms with Crippen molar-refractivity contribution >= 4 is 11.9 Å². The first-order valence-corrected chi connectivity index (χ1v) is 6.14. The zero-order chi connectivity index (χ0) is 13.4. The SMILES string of the molecule is Cc1cc(C)nc(NCCCC(=O)NCCN)n1. The van der Waals surface area contributed by atoms with Gasteiger partial charge in [-0.15, -0.1) is 0 Å². The van der Waals surface area contributed by atoms with Gasteiger partial charge in [-0.3, -0.25) is 4.79 Å². The Balaban J connectivity index is 2.23. The van der Waals surface area contributed by atoms with Gasteiger partial charge in [0.25, 0.3) is 0 Å². The van der Waals surface area contributed by atoms with E-state index < -0.39 is 0 Å². The maximum atomic E-state index is 11.3. The first-order valence-electron chi connectivity index (χ1n) is 6.14. The largest absolute Gasteiger partial charge is 0.355 e. The lowest BCUT2D eigenvalue weighted by molar-refractivity contribution is -0.121. The van der Waals surface area contributed by atoms with Gasteiger partial charge in [0.2, 0.25) is 11.9 Å². The van der Waals surface area contributed by atoms with Gasteiger partial charge >= 0.3 is 0 Å². The number of hydrogen-bond donors (Lipinski definition) is 3. The van der Waals surface area contributed by atoms with Crippen molar-refractivity contribution in [2.45, 2.75) is 26.7 Å². The summed E-state index contributed by atoms with van der Waals surface area (Å²) in [5.74, 6) is 0.651. The second-order valence-corrected chi connectivity index (χ2v) is 4.14. The number of rotatable bonds is 7. The molecule has 100 valence electrons. The van der Waals surface area contributed by atoms with Crippen LogP contribution in [-0.4, -0.2) is 35.5 Å². The fraction of sp³-hybridized carbons (Fsp3) is 0.583. The molecule has 1 aromatic rings. The summed E-state index contributed by atoms with van der Waals surface area (Å²) in [5.41, 5.74) is 7.16. The van der Waals surface area contributed by atoms with Gasteiger partial charge in [0, 0.05) is 37.4 Å². The highest BCUT2D eigenvalue weighted by atomic mass is 16.1. The predicted molar refractivity (Wildman–Crippen MR) is 71.3 cm³/mol. The first-order chi connectivity index (χ1) is 8.61. The van der Waals surface area contributed by atoms with Crippen molar-refractivity contribution in [1.29, 1.82) is 0 Å². The van der Waals surface area contributed by atoms with Crippen molar-refractivity contribution in [1.82, 2.24) is 15.3 Å². The molecular weight excluding hydrogens is 230 g/mol. The topological polar surface area (TPSA) is 92.9 Å². The van der Waals surface area contributed by atoms with Crippen LogP contribution in [0, 0.1) is 13.8 Å². The number of carbonyl (C=O) groups is 1. The van der Waals surface area contributed by atoms with E-state index in [4.69, 9.17) is 5.73 Å². The zero-order valence-electron chi connectivity index (χ0n) is 11.0. The number of nitrogens with zero attached hydrogens (tertiary/aromatic N) is 2. The second-order valence-electron chi connectivity index (χ2n) is 4.14. The number of nitrogens with two attached hydrogens (primary N) is 1. The van der Waals surface area contributed by atoms with E-state index >= 15 is 0 Å². The Bertz CT molecular complexity index is 374. The van der Waals surface area contributed by atoms with Crippen LogP contribution in [0.3, 0.4) is 0 Å². The number of nitrogens with one attached hydrogen (secondary N) is 2. The lowest BCUT2D eigenvalue weighted by Crippen LogP contribution is -2.29. The summed E-state index contributed by atoms with van der Waals surface area (Å²) in [6.07, 6.45) is 1.23. The van der Waals surface area contributed by atoms with Gasteiger partial charge in [0.1, 0.15) is 0 Å². The number of carbonyl (C=O) groups excluding carboxylic acids is 1. The van der Waals surface area contributed by atoms with E-state index in [-0.39, 0.29) is 5.91 Å². The minimum absolute atomic E-state index is 0.0311. The van der Waals surface area contributed by atoms with Crippen LogP contribution >= 0.6 is 0 Å². The molecule has 0 aliphatic rings. The van der Waals surface area contributed by atoms with E-state index in [0.717, 1.165) is 17.8 Å². The van der Waals surface area contributed by atoms with Crippen molar-refractivity contribution < 1.29 is 4.79 Å². The predicted octanol–water partition coefficient (Wildman–Crippen LogP) is 0.360. The van der Waals surface area contributed by atoms with Crippen LogP contribution < -0.4 is 16.4 Å². The second kappa shape index (κ2) is 7.60. The Morgan fingerprint density at radius 2 is 1.94 bits per heavy atom. The number of anilines is 1. The molecule has 0 unspecified atom stereocenters. The molecule has 0 saturated heterocycles. The van der Waals surface area contributed by atoms with Gasteiger partial charge in [0.05, 0.1) is 0 Å². The van der Waals surface area contributed by atoms with E-state index in [1.54, 1.807) is 0 Å². The van der Waals surface area contributed by atoms with Crippen LogP contribution in [0.1, 0.15) is 24.2 Å². The lowest BCUT2D eigenvalue weighted by atomic mass is 10.3. The van der Waals surface area contributed by atoms with Gasteiger partial charge in [-0.2, -0.15) is 0 Å². The average molecular weight is 251 g/mol. The maximum absolute atomic E-state index is 11.3. The molecule has 0 bridgehead atoms. The van der Waals surface area contributed by atoms with Gasteiger partial charge in [-0.1, -0.05) is 0 Å². The standard InChI is InChI=1S/C12H21N5O/c1-9-8-10(2)17-12(16-9)15-6-3-4-11(18)14-7-5-13/h8H,3-7,13H2,1-2H3,(H,14,18)(H,15,16,17). The molecule has 1 amide bonds. The molecule has 1 rings (SSSR count). The molecule has 0 aromatic carbocycles. The minimum atomic E-state index is 0.0311. The molecule has 6 heteroatoms. The van der Waals surface area contributed by atoms with Crippen LogP contribution in [0.4, 0.5) is 5.95 Å². The third-order valence-electron chi connectivity index (χ3n) is 2.31. The number of amides is 1. The van der Waals surface area contributed by atoms with E-state index in [9.17, 15) is 4.79 Å². The molecule has 0 atom stereocenters. The molecule has 4 N–H and O–H groups in total. The number of hydrogen-bond acceptors (Lipinski definition) is 5. The quantitative estimate of drug-likeness (QED) is 0.608. The summed E-state index contributed by atoms with van der Waals surface area (Å²) in [4.78, 5) is 19.8. The van der Waals surface area contributed by atoms with Gasteiger partial charge in [-0.05, 0) is 26.3 Å². The van der Waals surface area contributed by atoms with Crippen molar-refractivity contribution in [2.24, 2.45) is 5.73 Å². The molecule has 0 radical (unpaired) electrons. The normalized spacial score (nSPS) is 10.2. The van der Waals surface area contributed by atoms with E-state index in [1.165, 1.54) is 0 Å². The van der Waals surface area contributed by atoms with Crippen LogP contribution in [0.2, 0.25) is 0 Å². The molecule has 0 saturated carbocycles. The van der Waals surface area contributed by atoms with Crippen molar-refractivity contribution in [2.75, 3.05) is 25.0 Å². The van der Waals surface area contributed by atoms with Crippen LogP contribution in [0.15, 0.2) is 6.07 Å². The molecule has 0 aliphatic carbocycles. The van der Waals surface area contributed by atoms with Crippen molar-refractivity contribution in [3.63, 3.8) is 0 Å². The monoisotopic (exact) mass is 251 g/mol. The molecule has 18 heavy (non-hydrogen) atoms. The van der Waals surface area contributed by atoms with E-state index in [1.807, 2.05) is 19.9 Å². The molecule has 1 heterocycles. The number of aromatic nitrogens is 2. The third-order valence-corrected chi connectivity index (χ3v) is 2.31. The zero-order valence-corrected chi connectivity index (χ0v) is 11.0. The van der Waals surface area contributed by atoms with Gasteiger partial charge in [0.15, 0.2) is 0 Å². The Hall–Kier alpha value is -1.69. The smallest absolute Gasteiger partial charge is 0.223 e. The van der Waals surface area contributed by atoms with E-state index in [0.29, 0.717) is 32.0 Å². The molecule has 0 aliphatic heterocycles. The lowest BCUT2D eigenvalue weighted by Gasteiger charge is -2.06. The Morgan fingerprint density at radius 3 is 2.56 bits per heavy atom. The minimum Gasteiger partial charge on any atom is -0.355 e. The highest BCUT2D eigenvalue weighted by molar-refractivity contribution is 5.75. The summed E-state index contributed by atoms with van der Waals surface area (Å²) in [7, 11) is 0. The Labute approximate surface area is 107 Å². The summed E-state index contributed by atoms with van der Waals surface area (Å²) in [6.45, 7) is 5.55. The van der Waals surface area contributed by atoms with Crippen molar-refractivity contribution in [3.8, 4) is 0 Å². The van der Waals surface area contributed by atoms with E-state index in [2.05, 4.69) is 20.6 Å². The Morgan fingerprint density at radius 1 is 1.28 bits per heavy atom. The molecule has 6 nitrogen and oxygen atoms in total. The van der Waals surface area contributed by atoms with Crippen LogP contribution in [-0.2, 0) is 4.79 Å². The van der Waals surface area contributed by atoms with Crippen LogP contribution in [0.25, 0.3) is 0 Å². The fourth-order valence-corrected chi connectivity index (χ4v) is 1.55. The Kier molecular flexibility index (Phi) is 6.07. The average Bonchev–Trinajstić information content (AvgIpc) is 2.31. The highest BCUT2D eigenvalue weighted by Crippen LogP contribution is 2.03. The maximum Gasteiger partial charge on any atom is 0.223 e. The number of aryl methyl sites for hydroxylation is 2. The van der Waals surface area contributed by atoms with Gasteiger partial charge < -0.3 is 16.4 Å². The molecular formula is C12H21N5O. The van der Waals surface area contributed by atoms with Crippen molar-refractivity contribution in [3.05, 3.63) is 17.5 Å². The molecule has 1 aromatic heterocycles. The highest BCUT2D eigenvalue weighted by Gasteiger charge is 2.01. The van der Waals surface area contributed by atoms with Gasteiger partial charge in [-0.25, -0.2) is 9.97 Å². The van der Waals surface area contributed by atoms with Crippen LogP contribution in [0.5, 0.6) is 0 Å². The first kappa shape index (κ1) is 14.4.